The van der Waals surface area contributed by atoms with Crippen LogP contribution in [0.2, 0.25) is 0 Å². The summed E-state index contributed by atoms with van der Waals surface area (Å²) >= 11 is 6.21. The van der Waals surface area contributed by atoms with Crippen LogP contribution in [0.3, 0.4) is 0 Å². The average molecular weight is 301 g/mol. The maximum atomic E-state index is 6.21. The maximum Gasteiger partial charge on any atom is 0.122 e. The first-order valence-corrected chi connectivity index (χ1v) is 7.32. The lowest BCUT2D eigenvalue weighted by atomic mass is 10.0. The highest BCUT2D eigenvalue weighted by Crippen LogP contribution is 2.29. The Kier molecular flexibility index (Phi) is 4.11. The summed E-state index contributed by atoms with van der Waals surface area (Å²) in [4.78, 5) is 6.29. The highest BCUT2D eigenvalue weighted by atomic mass is 35.5. The standard InChI is InChI=1S/C17H17ClN2O/c1-21-16-7-6-13-4-2-3-5-14(13)15(16)9-11-20-12-19-10-8-17(20)18/h2-8,10H,9,11-12H2,1H3. The van der Waals surface area contributed by atoms with Crippen molar-refractivity contribution in [1.29, 1.82) is 0 Å². The SMILES string of the molecule is COc1ccc2ccccc2c1CCN1CN=CC=C1Cl. The van der Waals surface area contributed by atoms with Crippen molar-refractivity contribution in [3.05, 3.63) is 53.2 Å². The molecule has 21 heavy (non-hydrogen) atoms. The molecular weight excluding hydrogens is 284 g/mol. The number of allylic oxidation sites excluding steroid dienone is 1. The average Bonchev–Trinajstić information content (AvgIpc) is 2.53. The van der Waals surface area contributed by atoms with E-state index in [4.69, 9.17) is 16.3 Å². The first kappa shape index (κ1) is 14.0. The van der Waals surface area contributed by atoms with Crippen molar-refractivity contribution >= 4 is 28.6 Å². The Bertz CT molecular complexity index is 709. The summed E-state index contributed by atoms with van der Waals surface area (Å²) in [6.45, 7) is 1.43. The lowest BCUT2D eigenvalue weighted by Gasteiger charge is -2.24. The number of ether oxygens (including phenoxy) is 1. The topological polar surface area (TPSA) is 24.8 Å². The van der Waals surface area contributed by atoms with Gasteiger partial charge in [-0.3, -0.25) is 4.99 Å². The number of halogens is 1. The molecule has 0 bridgehead atoms. The third-order valence-corrected chi connectivity index (χ3v) is 4.09. The minimum atomic E-state index is 0.614. The predicted molar refractivity (Wildman–Crippen MR) is 88.2 cm³/mol. The molecule has 0 amide bonds. The fraction of sp³-hybridized carbons (Fsp3) is 0.235. The van der Waals surface area contributed by atoms with Crippen molar-refractivity contribution < 1.29 is 4.74 Å². The number of hydrogen-bond donors (Lipinski definition) is 0. The van der Waals surface area contributed by atoms with Gasteiger partial charge >= 0.3 is 0 Å². The molecule has 3 rings (SSSR count). The largest absolute Gasteiger partial charge is 0.496 e. The van der Waals surface area contributed by atoms with Crippen LogP contribution in [0.4, 0.5) is 0 Å². The van der Waals surface area contributed by atoms with E-state index >= 15 is 0 Å². The van der Waals surface area contributed by atoms with Gasteiger partial charge in [0.2, 0.25) is 0 Å². The first-order chi connectivity index (χ1) is 10.3. The molecule has 0 spiro atoms. The van der Waals surface area contributed by atoms with Crippen molar-refractivity contribution in [1.82, 2.24) is 4.90 Å². The van der Waals surface area contributed by atoms with Gasteiger partial charge in [-0.1, -0.05) is 41.9 Å². The third kappa shape index (κ3) is 2.88. The Morgan fingerprint density at radius 1 is 1.24 bits per heavy atom. The van der Waals surface area contributed by atoms with Gasteiger partial charge in [0, 0.05) is 18.3 Å². The predicted octanol–water partition coefficient (Wildman–Crippen LogP) is 3.82. The minimum Gasteiger partial charge on any atom is -0.496 e. The number of benzene rings is 2. The summed E-state index contributed by atoms with van der Waals surface area (Å²) in [5, 5.41) is 3.20. The number of hydrogen-bond acceptors (Lipinski definition) is 3. The second-order valence-corrected chi connectivity index (χ2v) is 5.33. The second kappa shape index (κ2) is 6.19. The number of fused-ring (bicyclic) bond motifs is 1. The molecule has 1 aliphatic heterocycles. The Labute approximate surface area is 129 Å². The minimum absolute atomic E-state index is 0.614. The van der Waals surface area contributed by atoms with Gasteiger partial charge in [-0.2, -0.15) is 0 Å². The molecule has 1 heterocycles. The first-order valence-electron chi connectivity index (χ1n) is 6.95. The van der Waals surface area contributed by atoms with Crippen molar-refractivity contribution in [2.75, 3.05) is 20.3 Å². The Balaban J connectivity index is 1.89. The number of methoxy groups -OCH3 is 1. The molecule has 0 radical (unpaired) electrons. The number of aliphatic imine (C=N–C) groups is 1. The summed E-state index contributed by atoms with van der Waals surface area (Å²) in [6, 6.07) is 12.5. The fourth-order valence-corrected chi connectivity index (χ4v) is 2.82. The fourth-order valence-electron chi connectivity index (χ4n) is 2.62. The molecular formula is C17H17ClN2O. The maximum absolute atomic E-state index is 6.21. The lowest BCUT2D eigenvalue weighted by Crippen LogP contribution is -2.25. The normalized spacial score (nSPS) is 14.4. The molecule has 0 atom stereocenters. The molecule has 4 heteroatoms. The van der Waals surface area contributed by atoms with Crippen LogP contribution in [0.25, 0.3) is 10.8 Å². The van der Waals surface area contributed by atoms with E-state index < -0.39 is 0 Å². The number of rotatable bonds is 4. The van der Waals surface area contributed by atoms with Gasteiger partial charge in [0.25, 0.3) is 0 Å². The van der Waals surface area contributed by atoms with Gasteiger partial charge in [-0.05, 0) is 29.3 Å². The van der Waals surface area contributed by atoms with Crippen LogP contribution in [0.15, 0.2) is 52.6 Å². The molecule has 0 saturated heterocycles. The van der Waals surface area contributed by atoms with E-state index in [0.29, 0.717) is 6.67 Å². The van der Waals surface area contributed by atoms with Crippen LogP contribution in [-0.4, -0.2) is 31.4 Å². The summed E-state index contributed by atoms with van der Waals surface area (Å²) in [6.07, 6.45) is 4.44. The zero-order chi connectivity index (χ0) is 14.7. The smallest absolute Gasteiger partial charge is 0.122 e. The van der Waals surface area contributed by atoms with Gasteiger partial charge < -0.3 is 9.64 Å². The molecule has 0 aliphatic carbocycles. The van der Waals surface area contributed by atoms with E-state index in [0.717, 1.165) is 23.9 Å². The van der Waals surface area contributed by atoms with E-state index in [1.165, 1.54) is 16.3 Å². The highest BCUT2D eigenvalue weighted by molar-refractivity contribution is 6.30. The van der Waals surface area contributed by atoms with Crippen LogP contribution >= 0.6 is 11.6 Å². The van der Waals surface area contributed by atoms with Crippen molar-refractivity contribution in [2.45, 2.75) is 6.42 Å². The molecule has 108 valence electrons. The van der Waals surface area contributed by atoms with Crippen LogP contribution in [0.1, 0.15) is 5.56 Å². The van der Waals surface area contributed by atoms with E-state index in [9.17, 15) is 0 Å². The van der Waals surface area contributed by atoms with Crippen molar-refractivity contribution in [2.24, 2.45) is 4.99 Å². The summed E-state index contributed by atoms with van der Waals surface area (Å²) < 4.78 is 5.52. The molecule has 3 nitrogen and oxygen atoms in total. The monoisotopic (exact) mass is 300 g/mol. The Hall–Kier alpha value is -2.00. The second-order valence-electron chi connectivity index (χ2n) is 4.94. The molecule has 2 aromatic carbocycles. The van der Waals surface area contributed by atoms with Gasteiger partial charge in [0.05, 0.1) is 7.11 Å². The van der Waals surface area contributed by atoms with Gasteiger partial charge in [-0.15, -0.1) is 0 Å². The zero-order valence-corrected chi connectivity index (χ0v) is 12.7. The summed E-state index contributed by atoms with van der Waals surface area (Å²) in [7, 11) is 1.71. The van der Waals surface area contributed by atoms with E-state index in [1.54, 1.807) is 13.3 Å². The molecule has 0 aromatic heterocycles. The van der Waals surface area contributed by atoms with E-state index in [2.05, 4.69) is 40.2 Å². The summed E-state index contributed by atoms with van der Waals surface area (Å²) in [5.74, 6) is 0.925. The molecule has 2 aromatic rings. The molecule has 0 saturated carbocycles. The van der Waals surface area contributed by atoms with Crippen molar-refractivity contribution in [3.63, 3.8) is 0 Å². The van der Waals surface area contributed by atoms with Gasteiger partial charge in [0.15, 0.2) is 0 Å². The molecule has 1 aliphatic rings. The quantitative estimate of drug-likeness (QED) is 0.802. The lowest BCUT2D eigenvalue weighted by molar-refractivity contribution is 0.371. The van der Waals surface area contributed by atoms with Crippen LogP contribution in [0.5, 0.6) is 5.75 Å². The summed E-state index contributed by atoms with van der Waals surface area (Å²) in [5.41, 5.74) is 1.22. The van der Waals surface area contributed by atoms with E-state index in [1.807, 2.05) is 12.1 Å². The van der Waals surface area contributed by atoms with Crippen LogP contribution in [0, 0.1) is 0 Å². The molecule has 0 unspecified atom stereocenters. The van der Waals surface area contributed by atoms with E-state index in [-0.39, 0.29) is 0 Å². The number of nitrogens with zero attached hydrogens (tertiary/aromatic N) is 2. The van der Waals surface area contributed by atoms with Crippen LogP contribution in [-0.2, 0) is 6.42 Å². The van der Waals surface area contributed by atoms with Gasteiger partial charge in [-0.25, -0.2) is 0 Å². The van der Waals surface area contributed by atoms with Crippen LogP contribution < -0.4 is 4.74 Å². The molecule has 0 N–H and O–H groups in total. The van der Waals surface area contributed by atoms with Gasteiger partial charge in [0.1, 0.15) is 17.6 Å². The van der Waals surface area contributed by atoms with Crippen molar-refractivity contribution in [3.8, 4) is 5.75 Å². The third-order valence-electron chi connectivity index (χ3n) is 3.72. The zero-order valence-electron chi connectivity index (χ0n) is 11.9. The highest BCUT2D eigenvalue weighted by Gasteiger charge is 2.13. The Morgan fingerprint density at radius 2 is 2.10 bits per heavy atom. The Morgan fingerprint density at radius 3 is 2.90 bits per heavy atom. The molecule has 0 fully saturated rings.